The summed E-state index contributed by atoms with van der Waals surface area (Å²) in [7, 11) is 2.57. The molecule has 0 fully saturated rings. The molecule has 4 heteroatoms. The van der Waals surface area contributed by atoms with Gasteiger partial charge < -0.3 is 9.72 Å². The van der Waals surface area contributed by atoms with Gasteiger partial charge in [0.2, 0.25) is 0 Å². The molecule has 1 atom stereocenters. The summed E-state index contributed by atoms with van der Waals surface area (Å²) < 4.78 is 5.66. The highest BCUT2D eigenvalue weighted by Gasteiger charge is 2.20. The Morgan fingerprint density at radius 2 is 2.33 bits per heavy atom. The van der Waals surface area contributed by atoms with Crippen molar-refractivity contribution in [2.24, 2.45) is 0 Å². The lowest BCUT2D eigenvalue weighted by atomic mass is 10.1. The zero-order valence-corrected chi connectivity index (χ0v) is 9.53. The van der Waals surface area contributed by atoms with Crippen molar-refractivity contribution in [3.8, 4) is 17.0 Å². The molecule has 2 heterocycles. The first-order valence-corrected chi connectivity index (χ1v) is 5.40. The van der Waals surface area contributed by atoms with Crippen LogP contribution in [0.15, 0.2) is 18.2 Å². The topological polar surface area (TPSA) is 37.9 Å². The fraction of sp³-hybridized carbons (Fsp3) is 0.182. The summed E-state index contributed by atoms with van der Waals surface area (Å²) in [6.07, 6.45) is 0. The average molecular weight is 218 g/mol. The number of H-pyrrole nitrogens is 1. The zero-order chi connectivity index (χ0) is 10.4. The SMILES string of the molecule is Cc1ccc2c(c1)OCc1[nH]c(P)nc1-2. The molecule has 0 radical (unpaired) electrons. The molecular weight excluding hydrogens is 207 g/mol. The van der Waals surface area contributed by atoms with Gasteiger partial charge in [-0.05, 0) is 24.6 Å². The first kappa shape index (κ1) is 8.93. The van der Waals surface area contributed by atoms with Crippen LogP contribution in [0.25, 0.3) is 11.3 Å². The minimum Gasteiger partial charge on any atom is -0.487 e. The molecule has 1 N–H and O–H groups in total. The van der Waals surface area contributed by atoms with Gasteiger partial charge in [0.15, 0.2) is 0 Å². The van der Waals surface area contributed by atoms with Crippen LogP contribution in [-0.4, -0.2) is 9.97 Å². The normalized spacial score (nSPS) is 12.9. The molecule has 76 valence electrons. The van der Waals surface area contributed by atoms with Gasteiger partial charge in [-0.1, -0.05) is 15.3 Å². The quantitative estimate of drug-likeness (QED) is 0.684. The number of benzene rings is 1. The minimum atomic E-state index is 0.577. The number of aromatic amines is 1. The number of imidazole rings is 1. The van der Waals surface area contributed by atoms with Gasteiger partial charge in [-0.3, -0.25) is 0 Å². The van der Waals surface area contributed by atoms with E-state index >= 15 is 0 Å². The van der Waals surface area contributed by atoms with E-state index in [0.29, 0.717) is 6.61 Å². The summed E-state index contributed by atoms with van der Waals surface area (Å²) in [5.41, 5.74) is 5.21. The number of aryl methyl sites for hydroxylation is 1. The van der Waals surface area contributed by atoms with E-state index in [-0.39, 0.29) is 0 Å². The summed E-state index contributed by atoms with van der Waals surface area (Å²) in [4.78, 5) is 7.63. The third-order valence-corrected chi connectivity index (χ3v) is 2.83. The number of ether oxygens (including phenoxy) is 1. The molecule has 0 bridgehead atoms. The van der Waals surface area contributed by atoms with Crippen molar-refractivity contribution in [2.75, 3.05) is 0 Å². The van der Waals surface area contributed by atoms with Gasteiger partial charge in [0.05, 0.1) is 11.4 Å². The molecule has 1 aliphatic rings. The number of fused-ring (bicyclic) bond motifs is 3. The lowest BCUT2D eigenvalue weighted by Crippen LogP contribution is -2.05. The zero-order valence-electron chi connectivity index (χ0n) is 8.37. The highest BCUT2D eigenvalue weighted by Crippen LogP contribution is 2.35. The predicted octanol–water partition coefficient (Wildman–Crippen LogP) is 1.78. The highest BCUT2D eigenvalue weighted by atomic mass is 31.0. The molecule has 1 unspecified atom stereocenters. The van der Waals surface area contributed by atoms with E-state index < -0.39 is 0 Å². The van der Waals surface area contributed by atoms with E-state index in [4.69, 9.17) is 4.74 Å². The van der Waals surface area contributed by atoms with Crippen LogP contribution in [0.5, 0.6) is 5.75 Å². The third kappa shape index (κ3) is 1.35. The van der Waals surface area contributed by atoms with Gasteiger partial charge in [-0.2, -0.15) is 0 Å². The molecule has 15 heavy (non-hydrogen) atoms. The van der Waals surface area contributed by atoms with Gasteiger partial charge in [0.25, 0.3) is 0 Å². The van der Waals surface area contributed by atoms with Crippen LogP contribution in [0.3, 0.4) is 0 Å². The number of hydrogen-bond donors (Lipinski definition) is 1. The Morgan fingerprint density at radius 3 is 3.20 bits per heavy atom. The lowest BCUT2D eigenvalue weighted by molar-refractivity contribution is 0.298. The molecule has 3 rings (SSSR count). The molecule has 1 aromatic carbocycles. The smallest absolute Gasteiger partial charge is 0.130 e. The molecule has 0 aliphatic carbocycles. The van der Waals surface area contributed by atoms with E-state index in [1.165, 1.54) is 5.56 Å². The minimum absolute atomic E-state index is 0.577. The van der Waals surface area contributed by atoms with E-state index in [1.807, 2.05) is 0 Å². The molecule has 0 spiro atoms. The molecule has 0 saturated carbocycles. The number of rotatable bonds is 0. The fourth-order valence-electron chi connectivity index (χ4n) is 1.85. The lowest BCUT2D eigenvalue weighted by Gasteiger charge is -2.16. The Bertz CT molecular complexity index is 533. The molecule has 1 aromatic heterocycles. The second kappa shape index (κ2) is 3.07. The first-order chi connectivity index (χ1) is 7.24. The maximum Gasteiger partial charge on any atom is 0.130 e. The number of aromatic nitrogens is 2. The highest BCUT2D eigenvalue weighted by molar-refractivity contribution is 7.26. The van der Waals surface area contributed by atoms with Crippen LogP contribution < -0.4 is 10.3 Å². The van der Waals surface area contributed by atoms with Crippen molar-refractivity contribution < 1.29 is 4.74 Å². The molecule has 2 aromatic rings. The fourth-order valence-corrected chi connectivity index (χ4v) is 2.15. The molecule has 1 aliphatic heterocycles. The summed E-state index contributed by atoms with van der Waals surface area (Å²) >= 11 is 0. The summed E-state index contributed by atoms with van der Waals surface area (Å²) in [6, 6.07) is 6.19. The Labute approximate surface area is 90.1 Å². The Balaban J connectivity index is 2.25. The van der Waals surface area contributed by atoms with Gasteiger partial charge in [-0.15, -0.1) is 0 Å². The van der Waals surface area contributed by atoms with Crippen LogP contribution in [0, 0.1) is 6.92 Å². The maximum absolute atomic E-state index is 5.66. The van der Waals surface area contributed by atoms with Crippen LogP contribution >= 0.6 is 9.24 Å². The number of nitrogens with zero attached hydrogens (tertiary/aromatic N) is 1. The van der Waals surface area contributed by atoms with E-state index in [0.717, 1.165) is 28.3 Å². The van der Waals surface area contributed by atoms with E-state index in [2.05, 4.69) is 44.3 Å². The van der Waals surface area contributed by atoms with Crippen molar-refractivity contribution in [1.82, 2.24) is 9.97 Å². The first-order valence-electron chi connectivity index (χ1n) is 4.82. The molecule has 0 amide bonds. The number of nitrogens with one attached hydrogen (secondary N) is 1. The largest absolute Gasteiger partial charge is 0.487 e. The van der Waals surface area contributed by atoms with E-state index in [1.54, 1.807) is 0 Å². The van der Waals surface area contributed by atoms with Gasteiger partial charge in [0.1, 0.15) is 17.9 Å². The Morgan fingerprint density at radius 1 is 1.47 bits per heavy atom. The monoisotopic (exact) mass is 218 g/mol. The summed E-state index contributed by atoms with van der Waals surface area (Å²) in [6.45, 7) is 2.64. The molecule has 0 saturated heterocycles. The third-order valence-electron chi connectivity index (χ3n) is 2.56. The van der Waals surface area contributed by atoms with Crippen molar-refractivity contribution in [3.05, 3.63) is 29.5 Å². The second-order valence-electron chi connectivity index (χ2n) is 3.74. The van der Waals surface area contributed by atoms with Crippen LogP contribution in [-0.2, 0) is 6.61 Å². The summed E-state index contributed by atoms with van der Waals surface area (Å²) in [5.74, 6) is 0.930. The van der Waals surface area contributed by atoms with E-state index in [9.17, 15) is 0 Å². The van der Waals surface area contributed by atoms with Crippen molar-refractivity contribution >= 4 is 14.8 Å². The standard InChI is InChI=1S/C11H11N2OP/c1-6-2-3-7-9(4-6)14-5-8-10(7)13-11(15)12-8/h2-4H,5,15H2,1H3,(H,12,13). The number of hydrogen-bond acceptors (Lipinski definition) is 2. The Kier molecular flexibility index (Phi) is 1.83. The predicted molar refractivity (Wildman–Crippen MR) is 62.4 cm³/mol. The van der Waals surface area contributed by atoms with Crippen LogP contribution in [0.4, 0.5) is 0 Å². The van der Waals surface area contributed by atoms with Crippen molar-refractivity contribution in [2.45, 2.75) is 13.5 Å². The maximum atomic E-state index is 5.66. The van der Waals surface area contributed by atoms with Gasteiger partial charge in [0, 0.05) is 5.56 Å². The summed E-state index contributed by atoms with van der Waals surface area (Å²) in [5, 5.41) is 0. The van der Waals surface area contributed by atoms with Crippen LogP contribution in [0.1, 0.15) is 11.3 Å². The van der Waals surface area contributed by atoms with Crippen LogP contribution in [0.2, 0.25) is 0 Å². The average Bonchev–Trinajstić information content (AvgIpc) is 2.58. The Hall–Kier alpha value is -1.34. The van der Waals surface area contributed by atoms with Crippen molar-refractivity contribution in [1.29, 1.82) is 0 Å². The van der Waals surface area contributed by atoms with Gasteiger partial charge >= 0.3 is 0 Å². The molecular formula is C11H11N2OP. The second-order valence-corrected chi connectivity index (χ2v) is 4.28. The molecule has 3 nitrogen and oxygen atoms in total. The van der Waals surface area contributed by atoms with Crippen molar-refractivity contribution in [3.63, 3.8) is 0 Å². The van der Waals surface area contributed by atoms with Gasteiger partial charge in [-0.25, -0.2) is 4.98 Å².